The van der Waals surface area contributed by atoms with Crippen LogP contribution >= 0.6 is 0 Å². The molecule has 0 amide bonds. The van der Waals surface area contributed by atoms with E-state index >= 15 is 0 Å². The topological polar surface area (TPSA) is 20.2 Å². The predicted molar refractivity (Wildman–Crippen MR) is 70.3 cm³/mol. The normalized spacial score (nSPS) is 50.4. The second-order valence-corrected chi connectivity index (χ2v) is 6.60. The molecular formula is C17H18O. The molecule has 2 saturated carbocycles. The van der Waals surface area contributed by atoms with Gasteiger partial charge in [0.2, 0.25) is 0 Å². The third-order valence-corrected chi connectivity index (χ3v) is 6.19. The zero-order valence-electron chi connectivity index (χ0n) is 10.4. The van der Waals surface area contributed by atoms with Gasteiger partial charge >= 0.3 is 0 Å². The summed E-state index contributed by atoms with van der Waals surface area (Å²) >= 11 is 0. The minimum absolute atomic E-state index is 0.0857. The number of hydrogen-bond donors (Lipinski definition) is 1. The number of hydrogen-bond acceptors (Lipinski definition) is 1. The largest absolute Gasteiger partial charge is 0.392 e. The molecule has 1 N–H and O–H groups in total. The SMILES string of the molecule is OC1[C@H]2C=C[C@H]1[C@H]1[C@H]2[C@H]2CC[C@@H]1c1ccccc12. The number of rotatable bonds is 0. The Labute approximate surface area is 108 Å². The Morgan fingerprint density at radius 3 is 1.83 bits per heavy atom. The molecule has 92 valence electrons. The highest BCUT2D eigenvalue weighted by molar-refractivity contribution is 5.43. The van der Waals surface area contributed by atoms with Crippen molar-refractivity contribution in [2.45, 2.75) is 30.8 Å². The molecule has 7 atom stereocenters. The second kappa shape index (κ2) is 3.08. The first-order valence-corrected chi connectivity index (χ1v) is 7.31. The van der Waals surface area contributed by atoms with E-state index in [1.807, 2.05) is 0 Å². The summed E-state index contributed by atoms with van der Waals surface area (Å²) < 4.78 is 0. The van der Waals surface area contributed by atoms with Crippen LogP contribution in [0, 0.1) is 23.7 Å². The van der Waals surface area contributed by atoms with Crippen LogP contribution in [0.1, 0.15) is 35.8 Å². The Balaban J connectivity index is 1.73. The summed E-state index contributed by atoms with van der Waals surface area (Å²) in [4.78, 5) is 0. The summed E-state index contributed by atoms with van der Waals surface area (Å²) in [5.74, 6) is 3.77. The van der Waals surface area contributed by atoms with Crippen LogP contribution in [0.25, 0.3) is 0 Å². The van der Waals surface area contributed by atoms with Gasteiger partial charge in [0.15, 0.2) is 0 Å². The molecule has 0 spiro atoms. The first-order chi connectivity index (χ1) is 8.86. The van der Waals surface area contributed by atoms with E-state index in [1.54, 1.807) is 11.1 Å². The highest BCUT2D eigenvalue weighted by Crippen LogP contribution is 2.66. The van der Waals surface area contributed by atoms with E-state index in [1.165, 1.54) is 12.8 Å². The van der Waals surface area contributed by atoms with E-state index in [0.29, 0.717) is 23.7 Å². The van der Waals surface area contributed by atoms with Gasteiger partial charge in [-0.25, -0.2) is 0 Å². The lowest BCUT2D eigenvalue weighted by molar-refractivity contribution is 0.126. The fraction of sp³-hybridized carbons (Fsp3) is 0.529. The van der Waals surface area contributed by atoms with E-state index in [0.717, 1.165) is 11.8 Å². The van der Waals surface area contributed by atoms with Gasteiger partial charge in [-0.3, -0.25) is 0 Å². The molecule has 1 unspecified atom stereocenters. The van der Waals surface area contributed by atoms with Crippen LogP contribution < -0.4 is 0 Å². The fourth-order valence-corrected chi connectivity index (χ4v) is 5.69. The van der Waals surface area contributed by atoms with Crippen LogP contribution in [0.2, 0.25) is 0 Å². The molecule has 1 aromatic rings. The van der Waals surface area contributed by atoms with Crippen LogP contribution in [0.3, 0.4) is 0 Å². The van der Waals surface area contributed by atoms with Gasteiger partial charge < -0.3 is 5.11 Å². The molecule has 1 nitrogen and oxygen atoms in total. The van der Waals surface area contributed by atoms with Crippen molar-refractivity contribution < 1.29 is 5.11 Å². The van der Waals surface area contributed by atoms with Gasteiger partial charge in [0.05, 0.1) is 6.10 Å². The predicted octanol–water partition coefficient (Wildman–Crippen LogP) is 3.07. The maximum Gasteiger partial charge on any atom is 0.0671 e. The van der Waals surface area contributed by atoms with Crippen LogP contribution in [-0.2, 0) is 0 Å². The van der Waals surface area contributed by atoms with Gasteiger partial charge in [0, 0.05) is 11.8 Å². The second-order valence-electron chi connectivity index (χ2n) is 6.60. The molecule has 5 aliphatic carbocycles. The summed E-state index contributed by atoms with van der Waals surface area (Å²) in [6.07, 6.45) is 7.20. The van der Waals surface area contributed by atoms with Crippen LogP contribution in [0.15, 0.2) is 36.4 Å². The van der Waals surface area contributed by atoms with Gasteiger partial charge in [-0.15, -0.1) is 0 Å². The maximum atomic E-state index is 10.4. The van der Waals surface area contributed by atoms with Crippen molar-refractivity contribution in [2.75, 3.05) is 0 Å². The smallest absolute Gasteiger partial charge is 0.0671 e. The van der Waals surface area contributed by atoms with Gasteiger partial charge in [0.1, 0.15) is 0 Å². The minimum Gasteiger partial charge on any atom is -0.392 e. The van der Waals surface area contributed by atoms with E-state index in [4.69, 9.17) is 0 Å². The molecule has 6 rings (SSSR count). The summed E-state index contributed by atoms with van der Waals surface area (Å²) in [6.45, 7) is 0. The van der Waals surface area contributed by atoms with E-state index in [9.17, 15) is 5.11 Å². The Hall–Kier alpha value is -1.08. The molecule has 2 fully saturated rings. The molecule has 0 saturated heterocycles. The molecule has 0 radical (unpaired) electrons. The lowest BCUT2D eigenvalue weighted by Crippen LogP contribution is -2.40. The fourth-order valence-electron chi connectivity index (χ4n) is 5.69. The molecule has 5 aliphatic rings. The van der Waals surface area contributed by atoms with Gasteiger partial charge in [0.25, 0.3) is 0 Å². The first kappa shape index (κ1) is 9.80. The Kier molecular flexibility index (Phi) is 1.68. The van der Waals surface area contributed by atoms with Crippen molar-refractivity contribution in [1.82, 2.24) is 0 Å². The van der Waals surface area contributed by atoms with Crippen molar-refractivity contribution >= 4 is 0 Å². The first-order valence-electron chi connectivity index (χ1n) is 7.31. The van der Waals surface area contributed by atoms with Crippen molar-refractivity contribution in [1.29, 1.82) is 0 Å². The zero-order valence-corrected chi connectivity index (χ0v) is 10.4. The van der Waals surface area contributed by atoms with Crippen molar-refractivity contribution in [3.8, 4) is 0 Å². The number of aliphatic hydroxyl groups is 1. The lowest BCUT2D eigenvalue weighted by atomic mass is 9.54. The average Bonchev–Trinajstić information content (AvgIpc) is 2.94. The Morgan fingerprint density at radius 2 is 1.33 bits per heavy atom. The molecule has 1 heteroatoms. The third-order valence-electron chi connectivity index (χ3n) is 6.19. The highest BCUT2D eigenvalue weighted by Gasteiger charge is 2.60. The standard InChI is InChI=1S/C17H18O/c18-17-13-7-8-14(17)16-12-6-5-11(15(13)16)9-3-1-2-4-10(9)12/h1-4,7-8,11-18H,5-6H2/t11-,12+,13-,14-,15-,16-,17?/m0/s1. The van der Waals surface area contributed by atoms with Gasteiger partial charge in [-0.2, -0.15) is 0 Å². The lowest BCUT2D eigenvalue weighted by Gasteiger charge is -2.50. The van der Waals surface area contributed by atoms with Crippen LogP contribution in [0.5, 0.6) is 0 Å². The molecule has 1 aromatic carbocycles. The van der Waals surface area contributed by atoms with E-state index in [2.05, 4.69) is 36.4 Å². The molecule has 0 heterocycles. The molecule has 4 bridgehead atoms. The maximum absolute atomic E-state index is 10.4. The van der Waals surface area contributed by atoms with Crippen LogP contribution in [0.4, 0.5) is 0 Å². The van der Waals surface area contributed by atoms with Gasteiger partial charge in [-0.1, -0.05) is 36.4 Å². The van der Waals surface area contributed by atoms with Crippen molar-refractivity contribution in [3.63, 3.8) is 0 Å². The summed E-state index contributed by atoms with van der Waals surface area (Å²) in [5.41, 5.74) is 3.20. The molecule has 0 aromatic heterocycles. The summed E-state index contributed by atoms with van der Waals surface area (Å²) in [7, 11) is 0. The summed E-state index contributed by atoms with van der Waals surface area (Å²) in [6, 6.07) is 9.05. The van der Waals surface area contributed by atoms with Crippen LogP contribution in [-0.4, -0.2) is 11.2 Å². The highest BCUT2D eigenvalue weighted by atomic mass is 16.3. The average molecular weight is 238 g/mol. The molecular weight excluding hydrogens is 220 g/mol. The van der Waals surface area contributed by atoms with Crippen molar-refractivity contribution in [2.24, 2.45) is 23.7 Å². The summed E-state index contributed by atoms with van der Waals surface area (Å²) in [5, 5.41) is 10.4. The molecule has 0 aliphatic heterocycles. The zero-order chi connectivity index (χ0) is 11.9. The Morgan fingerprint density at radius 1 is 0.833 bits per heavy atom. The van der Waals surface area contributed by atoms with Crippen molar-refractivity contribution in [3.05, 3.63) is 47.5 Å². The number of aliphatic hydroxyl groups excluding tert-OH is 1. The van der Waals surface area contributed by atoms with E-state index < -0.39 is 0 Å². The Bertz CT molecular complexity index is 499. The molecule has 18 heavy (non-hydrogen) atoms. The number of benzene rings is 1. The monoisotopic (exact) mass is 238 g/mol. The third kappa shape index (κ3) is 0.925. The quantitative estimate of drug-likeness (QED) is 0.689. The minimum atomic E-state index is -0.0857. The van der Waals surface area contributed by atoms with E-state index in [-0.39, 0.29) is 6.10 Å². The number of fused-ring (bicyclic) bond motifs is 3. The van der Waals surface area contributed by atoms with Gasteiger partial charge in [-0.05, 0) is 47.6 Å².